The largest absolute Gasteiger partial charge is 0.444 e. The summed E-state index contributed by atoms with van der Waals surface area (Å²) >= 11 is 0. The van der Waals surface area contributed by atoms with Gasteiger partial charge in [-0.2, -0.15) is 5.10 Å². The molecule has 7 heteroatoms. The second kappa shape index (κ2) is 8.76. The Morgan fingerprint density at radius 3 is 2.48 bits per heavy atom. The van der Waals surface area contributed by atoms with E-state index in [4.69, 9.17) is 4.74 Å². The Morgan fingerprint density at radius 2 is 1.89 bits per heavy atom. The van der Waals surface area contributed by atoms with Crippen LogP contribution in [0, 0.1) is 0 Å². The maximum absolute atomic E-state index is 13.2. The molecule has 0 radical (unpaired) electrons. The van der Waals surface area contributed by atoms with Crippen LogP contribution in [0.15, 0.2) is 0 Å². The van der Waals surface area contributed by atoms with Crippen molar-refractivity contribution in [1.82, 2.24) is 19.6 Å². The first-order valence-electron chi connectivity index (χ1n) is 9.99. The van der Waals surface area contributed by atoms with Crippen LogP contribution in [0.5, 0.6) is 0 Å². The molecule has 0 aliphatic carbocycles. The molecule has 0 bridgehead atoms. The molecule has 152 valence electrons. The van der Waals surface area contributed by atoms with Crippen molar-refractivity contribution in [2.75, 3.05) is 19.6 Å². The Morgan fingerprint density at radius 1 is 1.19 bits per heavy atom. The summed E-state index contributed by atoms with van der Waals surface area (Å²) in [6.07, 6.45) is 3.24. The van der Waals surface area contributed by atoms with Gasteiger partial charge in [-0.1, -0.05) is 20.3 Å². The standard InChI is InChI=1S/C20H34N4O3/c1-7-9-12-23(11-8-2)18(25)17-15-14-24(19(26)27-20(3,4)5)13-10-16(15)21-22(17)6/h7-14H2,1-6H3. The lowest BCUT2D eigenvalue weighted by Gasteiger charge is -2.30. The summed E-state index contributed by atoms with van der Waals surface area (Å²) in [5.41, 5.74) is 1.83. The first kappa shape index (κ1) is 21.3. The summed E-state index contributed by atoms with van der Waals surface area (Å²) in [6, 6.07) is 0. The third kappa shape index (κ3) is 5.23. The molecule has 0 saturated heterocycles. The van der Waals surface area contributed by atoms with Gasteiger partial charge in [0.15, 0.2) is 0 Å². The van der Waals surface area contributed by atoms with Crippen molar-refractivity contribution in [2.24, 2.45) is 7.05 Å². The molecule has 0 aromatic carbocycles. The van der Waals surface area contributed by atoms with Gasteiger partial charge in [-0.05, 0) is 33.6 Å². The fraction of sp³-hybridized carbons (Fsp3) is 0.750. The van der Waals surface area contributed by atoms with Crippen molar-refractivity contribution in [3.05, 3.63) is 17.0 Å². The van der Waals surface area contributed by atoms with Gasteiger partial charge in [0.05, 0.1) is 12.2 Å². The molecule has 1 aliphatic rings. The van der Waals surface area contributed by atoms with E-state index in [9.17, 15) is 9.59 Å². The van der Waals surface area contributed by atoms with Gasteiger partial charge in [0, 0.05) is 38.7 Å². The Balaban J connectivity index is 2.25. The number of ether oxygens (including phenoxy) is 1. The van der Waals surface area contributed by atoms with E-state index in [-0.39, 0.29) is 12.0 Å². The van der Waals surface area contributed by atoms with Crippen LogP contribution in [0.1, 0.15) is 75.6 Å². The minimum Gasteiger partial charge on any atom is -0.444 e. The zero-order valence-electron chi connectivity index (χ0n) is 17.7. The third-order valence-electron chi connectivity index (χ3n) is 4.61. The van der Waals surface area contributed by atoms with Crippen LogP contribution in [0.25, 0.3) is 0 Å². The number of nitrogens with zero attached hydrogens (tertiary/aromatic N) is 4. The van der Waals surface area contributed by atoms with Gasteiger partial charge in [-0.25, -0.2) is 4.79 Å². The zero-order chi connectivity index (χ0) is 20.2. The summed E-state index contributed by atoms with van der Waals surface area (Å²) in [6.45, 7) is 12.2. The van der Waals surface area contributed by atoms with E-state index >= 15 is 0 Å². The first-order valence-corrected chi connectivity index (χ1v) is 9.99. The zero-order valence-corrected chi connectivity index (χ0v) is 17.7. The minimum atomic E-state index is -0.539. The summed E-state index contributed by atoms with van der Waals surface area (Å²) in [7, 11) is 1.81. The molecule has 2 rings (SSSR count). The number of fused-ring (bicyclic) bond motifs is 1. The number of aryl methyl sites for hydroxylation is 1. The molecule has 27 heavy (non-hydrogen) atoms. The molecular formula is C20H34N4O3. The highest BCUT2D eigenvalue weighted by atomic mass is 16.6. The van der Waals surface area contributed by atoms with Crippen LogP contribution in [0.4, 0.5) is 4.79 Å². The van der Waals surface area contributed by atoms with E-state index in [2.05, 4.69) is 18.9 Å². The van der Waals surface area contributed by atoms with Crippen LogP contribution >= 0.6 is 0 Å². The topological polar surface area (TPSA) is 67.7 Å². The van der Waals surface area contributed by atoms with Crippen LogP contribution in [-0.4, -0.2) is 56.8 Å². The maximum atomic E-state index is 13.2. The SMILES string of the molecule is CCCCN(CCC)C(=O)c1c2c(nn1C)CCN(C(=O)OC(C)(C)C)C2. The van der Waals surface area contributed by atoms with Gasteiger partial charge >= 0.3 is 6.09 Å². The molecule has 2 amide bonds. The van der Waals surface area contributed by atoms with E-state index in [1.807, 2.05) is 32.7 Å². The predicted molar refractivity (Wildman–Crippen MR) is 105 cm³/mol. The molecule has 0 unspecified atom stereocenters. The summed E-state index contributed by atoms with van der Waals surface area (Å²) in [4.78, 5) is 29.3. The molecule has 1 aromatic rings. The van der Waals surface area contributed by atoms with E-state index in [1.54, 1.807) is 9.58 Å². The van der Waals surface area contributed by atoms with Crippen LogP contribution < -0.4 is 0 Å². The lowest BCUT2D eigenvalue weighted by atomic mass is 10.0. The Bertz CT molecular complexity index is 676. The number of rotatable bonds is 6. The Hall–Kier alpha value is -2.05. The number of carbonyl (C=O) groups is 2. The van der Waals surface area contributed by atoms with E-state index < -0.39 is 5.60 Å². The van der Waals surface area contributed by atoms with Crippen LogP contribution in [-0.2, 0) is 24.8 Å². The van der Waals surface area contributed by atoms with Gasteiger partial charge < -0.3 is 14.5 Å². The average Bonchev–Trinajstić information content (AvgIpc) is 2.91. The molecule has 1 aromatic heterocycles. The van der Waals surface area contributed by atoms with Crippen molar-refractivity contribution < 1.29 is 14.3 Å². The molecule has 2 heterocycles. The van der Waals surface area contributed by atoms with Crippen LogP contribution in [0.2, 0.25) is 0 Å². The second-order valence-corrected chi connectivity index (χ2v) is 8.20. The Kier molecular flexibility index (Phi) is 6.89. The molecule has 0 fully saturated rings. The lowest BCUT2D eigenvalue weighted by Crippen LogP contribution is -2.41. The Labute approximate surface area is 162 Å². The fourth-order valence-corrected chi connectivity index (χ4v) is 3.33. The second-order valence-electron chi connectivity index (χ2n) is 8.20. The van der Waals surface area contributed by atoms with Gasteiger partial charge in [0.25, 0.3) is 5.91 Å². The van der Waals surface area contributed by atoms with Gasteiger partial charge in [-0.3, -0.25) is 9.48 Å². The predicted octanol–water partition coefficient (Wildman–Crippen LogP) is 3.37. The van der Waals surface area contributed by atoms with Crippen molar-refractivity contribution >= 4 is 12.0 Å². The molecule has 0 atom stereocenters. The molecule has 0 spiro atoms. The number of hydrogen-bond acceptors (Lipinski definition) is 4. The number of amides is 2. The number of aromatic nitrogens is 2. The first-order chi connectivity index (χ1) is 12.7. The van der Waals surface area contributed by atoms with Gasteiger partial charge in [0.2, 0.25) is 0 Å². The fourth-order valence-electron chi connectivity index (χ4n) is 3.33. The lowest BCUT2D eigenvalue weighted by molar-refractivity contribution is 0.0222. The molecular weight excluding hydrogens is 344 g/mol. The van der Waals surface area contributed by atoms with Gasteiger partial charge in [0.1, 0.15) is 11.3 Å². The number of hydrogen-bond donors (Lipinski definition) is 0. The number of unbranched alkanes of at least 4 members (excludes halogenated alkanes) is 1. The van der Waals surface area contributed by atoms with Crippen molar-refractivity contribution in [3.8, 4) is 0 Å². The third-order valence-corrected chi connectivity index (χ3v) is 4.61. The summed E-state index contributed by atoms with van der Waals surface area (Å²) in [5, 5.41) is 4.55. The molecule has 0 saturated carbocycles. The highest BCUT2D eigenvalue weighted by molar-refractivity contribution is 5.94. The van der Waals surface area contributed by atoms with E-state index in [0.29, 0.717) is 25.2 Å². The van der Waals surface area contributed by atoms with Gasteiger partial charge in [-0.15, -0.1) is 0 Å². The quantitative estimate of drug-likeness (QED) is 0.761. The highest BCUT2D eigenvalue weighted by Crippen LogP contribution is 2.25. The highest BCUT2D eigenvalue weighted by Gasteiger charge is 2.32. The average molecular weight is 379 g/mol. The van der Waals surface area contributed by atoms with E-state index in [0.717, 1.165) is 43.6 Å². The smallest absolute Gasteiger partial charge is 0.410 e. The number of carbonyl (C=O) groups excluding carboxylic acids is 2. The normalized spacial score (nSPS) is 14.1. The summed E-state index contributed by atoms with van der Waals surface area (Å²) in [5.74, 6) is 0.00703. The van der Waals surface area contributed by atoms with Crippen molar-refractivity contribution in [2.45, 2.75) is 72.4 Å². The van der Waals surface area contributed by atoms with Crippen molar-refractivity contribution in [3.63, 3.8) is 0 Å². The van der Waals surface area contributed by atoms with Crippen molar-refractivity contribution in [1.29, 1.82) is 0 Å². The van der Waals surface area contributed by atoms with E-state index in [1.165, 1.54) is 0 Å². The van der Waals surface area contributed by atoms with Crippen LogP contribution in [0.3, 0.4) is 0 Å². The monoisotopic (exact) mass is 378 g/mol. The minimum absolute atomic E-state index is 0.00703. The molecule has 0 N–H and O–H groups in total. The maximum Gasteiger partial charge on any atom is 0.410 e. The molecule has 7 nitrogen and oxygen atoms in total. The summed E-state index contributed by atoms with van der Waals surface area (Å²) < 4.78 is 7.18. The molecule has 1 aliphatic heterocycles.